The third-order valence-corrected chi connectivity index (χ3v) is 0.461. The Labute approximate surface area is 41.3 Å². The Morgan fingerprint density at radius 3 is 2.29 bits per heavy atom. The molecule has 1 unspecified atom stereocenters. The lowest BCUT2D eigenvalue weighted by Gasteiger charge is -2.09. The van der Waals surface area contributed by atoms with Crippen molar-refractivity contribution in [2.24, 2.45) is 5.11 Å². The van der Waals surface area contributed by atoms with E-state index in [1.807, 2.05) is 0 Å². The number of aliphatic hydroxyl groups is 2. The zero-order chi connectivity index (χ0) is 5.91. The average Bonchev–Trinajstić information content (AvgIpc) is 1.68. The molecule has 4 heteroatoms. The predicted molar refractivity (Wildman–Crippen MR) is 22.5 cm³/mol. The minimum absolute atomic E-state index is 0.615. The zero-order valence-electron chi connectivity index (χ0n) is 3.76. The molecule has 0 saturated carbocycles. The van der Waals surface area contributed by atoms with Crippen LogP contribution in [0.3, 0.4) is 0 Å². The van der Waals surface area contributed by atoms with E-state index in [1.54, 1.807) is 0 Å². The summed E-state index contributed by atoms with van der Waals surface area (Å²) in [6, 6.07) is 0. The number of hydrogen-bond acceptors (Lipinski definition) is 4. The first-order valence-corrected chi connectivity index (χ1v) is 1.69. The van der Waals surface area contributed by atoms with Gasteiger partial charge < -0.3 is 10.2 Å². The maximum Gasteiger partial charge on any atom is 0.199 e. The summed E-state index contributed by atoms with van der Waals surface area (Å²) in [5.41, 5.74) is 4.34. The number of nitrogens with zero attached hydrogens (tertiary/aromatic N) is 1. The standard InChI is InChI=1S/C3H7N2O2/c1-3(7,2-6)5-4/h4,6-7H,1-2H2. The van der Waals surface area contributed by atoms with Crippen LogP contribution in [0.2, 0.25) is 0 Å². The van der Waals surface area contributed by atoms with Gasteiger partial charge >= 0.3 is 0 Å². The fourth-order valence-corrected chi connectivity index (χ4v) is 0.0354. The maximum absolute atomic E-state index is 8.42. The summed E-state index contributed by atoms with van der Waals surface area (Å²) in [6.07, 6.45) is 0. The summed E-state index contributed by atoms with van der Waals surface area (Å²) in [7, 11) is 0. The molecular formula is C3H7N2O2. The Kier molecular flexibility index (Phi) is 1.86. The van der Waals surface area contributed by atoms with Crippen molar-refractivity contribution in [3.05, 3.63) is 6.92 Å². The summed E-state index contributed by atoms with van der Waals surface area (Å²) < 4.78 is 0. The topological polar surface area (TPSA) is 76.7 Å². The van der Waals surface area contributed by atoms with Crippen LogP contribution in [-0.2, 0) is 0 Å². The lowest BCUT2D eigenvalue weighted by Crippen LogP contribution is -2.25. The second-order valence-corrected chi connectivity index (χ2v) is 1.25. The first-order chi connectivity index (χ1) is 3.12. The molecule has 0 aliphatic rings. The van der Waals surface area contributed by atoms with Crippen molar-refractivity contribution in [3.63, 3.8) is 0 Å². The molecule has 1 radical (unpaired) electrons. The SMILES string of the molecule is [CH2]C(O)(CO)N=N. The van der Waals surface area contributed by atoms with Crippen molar-refractivity contribution in [3.8, 4) is 0 Å². The molecule has 0 aliphatic heterocycles. The van der Waals surface area contributed by atoms with Crippen LogP contribution >= 0.6 is 0 Å². The maximum atomic E-state index is 8.42. The van der Waals surface area contributed by atoms with Gasteiger partial charge in [-0.25, -0.2) is 5.53 Å². The van der Waals surface area contributed by atoms with E-state index in [0.29, 0.717) is 0 Å². The second kappa shape index (κ2) is 1.99. The summed E-state index contributed by atoms with van der Waals surface area (Å²) in [5, 5.41) is 19.1. The highest BCUT2D eigenvalue weighted by Crippen LogP contribution is 1.99. The van der Waals surface area contributed by atoms with Crippen LogP contribution in [0.1, 0.15) is 0 Å². The van der Waals surface area contributed by atoms with Crippen molar-refractivity contribution in [2.75, 3.05) is 6.61 Å². The molecule has 1 atom stereocenters. The van der Waals surface area contributed by atoms with Gasteiger partial charge in [-0.1, -0.05) is 0 Å². The van der Waals surface area contributed by atoms with Gasteiger partial charge in [0.05, 0.1) is 6.61 Å². The van der Waals surface area contributed by atoms with Crippen LogP contribution in [0.15, 0.2) is 5.11 Å². The van der Waals surface area contributed by atoms with Gasteiger partial charge in [0, 0.05) is 6.92 Å². The Morgan fingerprint density at radius 2 is 2.29 bits per heavy atom. The molecule has 41 valence electrons. The quantitative estimate of drug-likeness (QED) is 0.413. The molecular weight excluding hydrogens is 96.0 g/mol. The van der Waals surface area contributed by atoms with Crippen molar-refractivity contribution >= 4 is 0 Å². The largest absolute Gasteiger partial charge is 0.391 e. The highest BCUT2D eigenvalue weighted by atomic mass is 16.3. The Bertz CT molecular complexity index is 71.3. The molecule has 4 nitrogen and oxygen atoms in total. The van der Waals surface area contributed by atoms with Crippen LogP contribution in [0.25, 0.3) is 0 Å². The molecule has 0 aromatic rings. The molecule has 0 aromatic carbocycles. The van der Waals surface area contributed by atoms with E-state index in [0.717, 1.165) is 0 Å². The molecule has 0 aliphatic carbocycles. The summed E-state index contributed by atoms with van der Waals surface area (Å²) in [5.74, 6) is 0. The van der Waals surface area contributed by atoms with Crippen molar-refractivity contribution < 1.29 is 10.2 Å². The lowest BCUT2D eigenvalue weighted by atomic mass is 10.3. The fraction of sp³-hybridized carbons (Fsp3) is 0.667. The third kappa shape index (κ3) is 2.24. The van der Waals surface area contributed by atoms with E-state index in [2.05, 4.69) is 12.0 Å². The van der Waals surface area contributed by atoms with E-state index >= 15 is 0 Å². The van der Waals surface area contributed by atoms with Crippen molar-refractivity contribution in [1.82, 2.24) is 0 Å². The summed E-state index contributed by atoms with van der Waals surface area (Å²) >= 11 is 0. The summed E-state index contributed by atoms with van der Waals surface area (Å²) in [6.45, 7) is 2.34. The highest BCUT2D eigenvalue weighted by Gasteiger charge is 2.15. The molecule has 0 heterocycles. The number of hydrogen-bond donors (Lipinski definition) is 3. The predicted octanol–water partition coefficient (Wildman–Crippen LogP) is -0.468. The van der Waals surface area contributed by atoms with Crippen LogP contribution in [-0.4, -0.2) is 22.5 Å². The van der Waals surface area contributed by atoms with Crippen molar-refractivity contribution in [2.45, 2.75) is 5.72 Å². The second-order valence-electron chi connectivity index (χ2n) is 1.25. The van der Waals surface area contributed by atoms with E-state index in [1.165, 1.54) is 0 Å². The molecule has 0 bridgehead atoms. The van der Waals surface area contributed by atoms with E-state index in [-0.39, 0.29) is 0 Å². The number of nitrogens with one attached hydrogen (secondary N) is 1. The molecule has 0 saturated heterocycles. The Morgan fingerprint density at radius 1 is 1.86 bits per heavy atom. The van der Waals surface area contributed by atoms with Gasteiger partial charge in [-0.05, 0) is 0 Å². The monoisotopic (exact) mass is 103 g/mol. The van der Waals surface area contributed by atoms with E-state index < -0.39 is 12.3 Å². The zero-order valence-corrected chi connectivity index (χ0v) is 3.76. The van der Waals surface area contributed by atoms with Gasteiger partial charge in [0.2, 0.25) is 0 Å². The highest BCUT2D eigenvalue weighted by molar-refractivity contribution is 4.72. The molecule has 3 N–H and O–H groups in total. The number of aliphatic hydroxyl groups excluding tert-OH is 1. The molecule has 7 heavy (non-hydrogen) atoms. The van der Waals surface area contributed by atoms with Gasteiger partial charge in [0.1, 0.15) is 0 Å². The molecule has 0 aromatic heterocycles. The first kappa shape index (κ1) is 6.52. The smallest absolute Gasteiger partial charge is 0.199 e. The molecule has 0 amide bonds. The van der Waals surface area contributed by atoms with E-state index in [9.17, 15) is 0 Å². The minimum atomic E-state index is -1.82. The van der Waals surface area contributed by atoms with E-state index in [4.69, 9.17) is 15.7 Å². The van der Waals surface area contributed by atoms with Crippen molar-refractivity contribution in [1.29, 1.82) is 5.53 Å². The minimum Gasteiger partial charge on any atom is -0.391 e. The van der Waals surface area contributed by atoms with Gasteiger partial charge in [-0.15, -0.1) is 0 Å². The number of rotatable bonds is 2. The van der Waals surface area contributed by atoms with Crippen LogP contribution < -0.4 is 0 Å². The first-order valence-electron chi connectivity index (χ1n) is 1.69. The van der Waals surface area contributed by atoms with Crippen LogP contribution in [0.4, 0.5) is 0 Å². The fourth-order valence-electron chi connectivity index (χ4n) is 0.0354. The van der Waals surface area contributed by atoms with Crippen LogP contribution in [0, 0.1) is 12.5 Å². The molecule has 0 rings (SSSR count). The third-order valence-electron chi connectivity index (χ3n) is 0.461. The molecule has 0 spiro atoms. The van der Waals surface area contributed by atoms with Gasteiger partial charge in [-0.3, -0.25) is 0 Å². The van der Waals surface area contributed by atoms with Gasteiger partial charge in [0.25, 0.3) is 0 Å². The summed E-state index contributed by atoms with van der Waals surface area (Å²) in [4.78, 5) is 0. The van der Waals surface area contributed by atoms with Gasteiger partial charge in [-0.2, -0.15) is 5.11 Å². The molecule has 0 fully saturated rings. The Hall–Kier alpha value is -0.480. The Balaban J connectivity index is 3.58. The van der Waals surface area contributed by atoms with Gasteiger partial charge in [0.15, 0.2) is 5.72 Å². The van der Waals surface area contributed by atoms with Crippen LogP contribution in [0.5, 0.6) is 0 Å². The normalized spacial score (nSPS) is 18.1. The lowest BCUT2D eigenvalue weighted by molar-refractivity contribution is 0.0240. The average molecular weight is 103 g/mol.